The van der Waals surface area contributed by atoms with Crippen molar-refractivity contribution in [3.05, 3.63) is 58.9 Å². The van der Waals surface area contributed by atoms with Crippen LogP contribution in [-0.2, 0) is 15.5 Å². The van der Waals surface area contributed by atoms with Crippen molar-refractivity contribution in [1.29, 1.82) is 0 Å². The summed E-state index contributed by atoms with van der Waals surface area (Å²) in [6.45, 7) is 0. The number of halogens is 1. The van der Waals surface area contributed by atoms with Crippen LogP contribution in [0.1, 0.15) is 21.5 Å². The fourth-order valence-corrected chi connectivity index (χ4v) is 3.57. The molecule has 0 bridgehead atoms. The molecule has 106 valence electrons. The van der Waals surface area contributed by atoms with E-state index in [0.717, 1.165) is 5.56 Å². The fourth-order valence-electron chi connectivity index (χ4n) is 2.18. The molecule has 1 atom stereocenters. The maximum atomic E-state index is 13.4. The van der Waals surface area contributed by atoms with E-state index in [1.807, 2.05) is 0 Å². The number of hydrogen-bond donors (Lipinski definition) is 0. The largest absolute Gasteiger partial charge is 0.465 e. The van der Waals surface area contributed by atoms with Crippen molar-refractivity contribution in [2.24, 2.45) is 0 Å². The van der Waals surface area contributed by atoms with Crippen LogP contribution in [0.15, 0.2) is 46.2 Å². The quantitative estimate of drug-likeness (QED) is 0.648. The maximum absolute atomic E-state index is 13.4. The highest BCUT2D eigenvalue weighted by molar-refractivity contribution is 7.85. The summed E-state index contributed by atoms with van der Waals surface area (Å²) in [5, 5.41) is 0. The first kappa shape index (κ1) is 13.7. The molecule has 21 heavy (non-hydrogen) atoms. The first-order chi connectivity index (χ1) is 10.1. The Morgan fingerprint density at radius 3 is 2.33 bits per heavy atom. The predicted molar refractivity (Wildman–Crippen MR) is 77.8 cm³/mol. The van der Waals surface area contributed by atoms with E-state index < -0.39 is 22.6 Å². The van der Waals surface area contributed by atoms with E-state index in [1.165, 1.54) is 25.3 Å². The molecule has 2 aromatic carbocycles. The van der Waals surface area contributed by atoms with Crippen LogP contribution in [0.5, 0.6) is 0 Å². The van der Waals surface area contributed by atoms with Crippen LogP contribution >= 0.6 is 0 Å². The van der Waals surface area contributed by atoms with Gasteiger partial charge in [0.25, 0.3) is 0 Å². The second-order valence-electron chi connectivity index (χ2n) is 4.53. The SMILES string of the molecule is COC(=O)c1ccc2c(c1)S(=O)c1cc(F)ccc1C=C2. The van der Waals surface area contributed by atoms with Gasteiger partial charge in [-0.15, -0.1) is 0 Å². The Balaban J connectivity index is 2.19. The van der Waals surface area contributed by atoms with Gasteiger partial charge < -0.3 is 4.74 Å². The highest BCUT2D eigenvalue weighted by atomic mass is 32.2. The summed E-state index contributed by atoms with van der Waals surface area (Å²) in [6.07, 6.45) is 3.59. The summed E-state index contributed by atoms with van der Waals surface area (Å²) < 4.78 is 30.8. The molecule has 1 aliphatic rings. The third-order valence-electron chi connectivity index (χ3n) is 3.25. The van der Waals surface area contributed by atoms with Gasteiger partial charge in [-0.2, -0.15) is 0 Å². The van der Waals surface area contributed by atoms with Gasteiger partial charge in [0, 0.05) is 0 Å². The molecule has 1 heterocycles. The van der Waals surface area contributed by atoms with Crippen molar-refractivity contribution < 1.29 is 18.1 Å². The molecular weight excluding hydrogens is 291 g/mol. The molecule has 0 fully saturated rings. The minimum absolute atomic E-state index is 0.317. The first-order valence-electron chi connectivity index (χ1n) is 6.22. The van der Waals surface area contributed by atoms with Gasteiger partial charge in [-0.1, -0.05) is 24.3 Å². The Morgan fingerprint density at radius 2 is 1.67 bits per heavy atom. The Labute approximate surface area is 123 Å². The molecule has 0 radical (unpaired) electrons. The number of carbonyl (C=O) groups excluding carboxylic acids is 1. The van der Waals surface area contributed by atoms with Crippen molar-refractivity contribution in [1.82, 2.24) is 0 Å². The van der Waals surface area contributed by atoms with Crippen LogP contribution in [0.2, 0.25) is 0 Å². The zero-order chi connectivity index (χ0) is 15.0. The topological polar surface area (TPSA) is 43.4 Å². The number of rotatable bonds is 1. The predicted octanol–water partition coefficient (Wildman–Crippen LogP) is 3.26. The zero-order valence-corrected chi connectivity index (χ0v) is 11.9. The van der Waals surface area contributed by atoms with Gasteiger partial charge in [0.15, 0.2) is 0 Å². The Bertz CT molecular complexity index is 796. The monoisotopic (exact) mass is 302 g/mol. The molecule has 5 heteroatoms. The lowest BCUT2D eigenvalue weighted by atomic mass is 10.1. The molecule has 0 spiro atoms. The van der Waals surface area contributed by atoms with Crippen LogP contribution < -0.4 is 0 Å². The molecule has 1 unspecified atom stereocenters. The van der Waals surface area contributed by atoms with Crippen molar-refractivity contribution in [3.8, 4) is 0 Å². The van der Waals surface area contributed by atoms with Gasteiger partial charge in [0.05, 0.1) is 33.3 Å². The van der Waals surface area contributed by atoms with E-state index in [2.05, 4.69) is 4.74 Å². The number of fused-ring (bicyclic) bond motifs is 2. The first-order valence-corrected chi connectivity index (χ1v) is 7.37. The number of methoxy groups -OCH3 is 1. The van der Waals surface area contributed by atoms with Crippen molar-refractivity contribution >= 4 is 28.9 Å². The Hall–Kier alpha value is -2.27. The molecule has 0 amide bonds. The van der Waals surface area contributed by atoms with Crippen molar-refractivity contribution in [2.45, 2.75) is 9.79 Å². The summed E-state index contributed by atoms with van der Waals surface area (Å²) in [5.41, 5.74) is 1.75. The van der Waals surface area contributed by atoms with Gasteiger partial charge in [0.1, 0.15) is 5.82 Å². The standard InChI is InChI=1S/C16H11FO3S/c1-20-16(18)12-5-4-10-2-3-11-6-7-13(17)9-15(11)21(19)14(10)8-12/h2-9H,1H3. The molecule has 3 rings (SSSR count). The maximum Gasteiger partial charge on any atom is 0.337 e. The number of ether oxygens (including phenoxy) is 1. The summed E-state index contributed by atoms with van der Waals surface area (Å²) in [7, 11) is -0.270. The number of carbonyl (C=O) groups is 1. The van der Waals surface area contributed by atoms with Crippen molar-refractivity contribution in [2.75, 3.05) is 7.11 Å². The van der Waals surface area contributed by atoms with Crippen LogP contribution in [0.4, 0.5) is 4.39 Å². The average molecular weight is 302 g/mol. The summed E-state index contributed by atoms with van der Waals surface area (Å²) in [4.78, 5) is 12.5. The van der Waals surface area contributed by atoms with Crippen molar-refractivity contribution in [3.63, 3.8) is 0 Å². The lowest BCUT2D eigenvalue weighted by molar-refractivity contribution is 0.0600. The highest BCUT2D eigenvalue weighted by Gasteiger charge is 2.19. The van der Waals surface area contributed by atoms with Gasteiger partial charge in [-0.3, -0.25) is 0 Å². The van der Waals surface area contributed by atoms with Gasteiger partial charge in [0.2, 0.25) is 0 Å². The molecule has 0 N–H and O–H groups in total. The van der Waals surface area contributed by atoms with Crippen LogP contribution in [-0.4, -0.2) is 17.3 Å². The van der Waals surface area contributed by atoms with Gasteiger partial charge in [-0.05, 0) is 35.4 Å². The molecule has 2 aromatic rings. The third kappa shape index (κ3) is 2.40. The van der Waals surface area contributed by atoms with Gasteiger partial charge in [-0.25, -0.2) is 13.4 Å². The number of esters is 1. The molecule has 1 aliphatic heterocycles. The number of benzene rings is 2. The minimum Gasteiger partial charge on any atom is -0.465 e. The van der Waals surface area contributed by atoms with E-state index in [-0.39, 0.29) is 0 Å². The lowest BCUT2D eigenvalue weighted by Gasteiger charge is -2.08. The molecular formula is C16H11FO3S. The molecule has 0 saturated carbocycles. The van der Waals surface area contributed by atoms with Gasteiger partial charge >= 0.3 is 5.97 Å². The average Bonchev–Trinajstić information content (AvgIpc) is 2.64. The Morgan fingerprint density at radius 1 is 1.05 bits per heavy atom. The van der Waals surface area contributed by atoms with Crippen LogP contribution in [0.3, 0.4) is 0 Å². The van der Waals surface area contributed by atoms with Crippen LogP contribution in [0.25, 0.3) is 12.2 Å². The van der Waals surface area contributed by atoms with E-state index in [0.29, 0.717) is 20.9 Å². The zero-order valence-electron chi connectivity index (χ0n) is 11.1. The van der Waals surface area contributed by atoms with E-state index in [4.69, 9.17) is 0 Å². The Kier molecular flexibility index (Phi) is 3.43. The van der Waals surface area contributed by atoms with E-state index >= 15 is 0 Å². The van der Waals surface area contributed by atoms with Crippen LogP contribution in [0, 0.1) is 5.82 Å². The molecule has 3 nitrogen and oxygen atoms in total. The highest BCUT2D eigenvalue weighted by Crippen LogP contribution is 2.30. The molecule has 0 saturated heterocycles. The van der Waals surface area contributed by atoms with E-state index in [9.17, 15) is 13.4 Å². The van der Waals surface area contributed by atoms with E-state index in [1.54, 1.807) is 30.4 Å². The third-order valence-corrected chi connectivity index (χ3v) is 4.76. The minimum atomic E-state index is -1.56. The molecule has 0 aliphatic carbocycles. The second-order valence-corrected chi connectivity index (χ2v) is 5.95. The summed E-state index contributed by atoms with van der Waals surface area (Å²) >= 11 is 0. The summed E-state index contributed by atoms with van der Waals surface area (Å²) in [5.74, 6) is -0.939. The summed E-state index contributed by atoms with van der Waals surface area (Å²) in [6, 6.07) is 9.03. The number of hydrogen-bond acceptors (Lipinski definition) is 3. The lowest BCUT2D eigenvalue weighted by Crippen LogP contribution is -2.04. The fraction of sp³-hybridized carbons (Fsp3) is 0.0625. The molecule has 0 aromatic heterocycles. The second kappa shape index (κ2) is 5.26. The smallest absolute Gasteiger partial charge is 0.337 e. The normalized spacial score (nSPS) is 15.8.